The molecule has 1 saturated heterocycles. The number of nitrogens with zero attached hydrogens (tertiary/aromatic N) is 4. The molecule has 31 heavy (non-hydrogen) atoms. The van der Waals surface area contributed by atoms with E-state index in [1.807, 2.05) is 4.90 Å². The van der Waals surface area contributed by atoms with Crippen molar-refractivity contribution in [2.45, 2.75) is 45.2 Å². The molecule has 3 heterocycles. The smallest absolute Gasteiger partial charge is 0.274 e. The van der Waals surface area contributed by atoms with Gasteiger partial charge < -0.3 is 9.64 Å². The predicted octanol–water partition coefficient (Wildman–Crippen LogP) is 3.02. The molecule has 1 fully saturated rings. The molecule has 6 heteroatoms. The summed E-state index contributed by atoms with van der Waals surface area (Å²) in [6.45, 7) is 7.56. The molecule has 1 aromatic carbocycles. The van der Waals surface area contributed by atoms with Gasteiger partial charge in [-0.2, -0.15) is 5.10 Å². The molecule has 0 N–H and O–H groups in total. The van der Waals surface area contributed by atoms with E-state index in [0.29, 0.717) is 38.0 Å². The van der Waals surface area contributed by atoms with Gasteiger partial charge in [-0.15, -0.1) is 0 Å². The molecule has 5 rings (SSSR count). The second-order valence-corrected chi connectivity index (χ2v) is 8.73. The normalized spacial score (nSPS) is 22.2. The van der Waals surface area contributed by atoms with E-state index in [2.05, 4.69) is 52.9 Å². The van der Waals surface area contributed by atoms with Crippen LogP contribution in [0.4, 0.5) is 0 Å². The number of amides is 1. The molecule has 3 aliphatic rings. The fourth-order valence-electron chi connectivity index (χ4n) is 5.26. The second-order valence-electron chi connectivity index (χ2n) is 8.73. The number of hydrogen-bond donors (Lipinski definition) is 0. The minimum absolute atomic E-state index is 0.0808. The van der Waals surface area contributed by atoms with Crippen LogP contribution in [0.5, 0.6) is 0 Å². The summed E-state index contributed by atoms with van der Waals surface area (Å²) in [6, 6.07) is 11.2. The molecule has 2 aliphatic heterocycles. The summed E-state index contributed by atoms with van der Waals surface area (Å²) in [7, 11) is 0. The highest BCUT2D eigenvalue weighted by Gasteiger charge is 2.33. The van der Waals surface area contributed by atoms with Crippen molar-refractivity contribution in [3.8, 4) is 0 Å². The zero-order chi connectivity index (χ0) is 21.2. The van der Waals surface area contributed by atoms with E-state index >= 15 is 0 Å². The van der Waals surface area contributed by atoms with E-state index in [0.717, 1.165) is 45.3 Å². The predicted molar refractivity (Wildman–Crippen MR) is 121 cm³/mol. The van der Waals surface area contributed by atoms with Crippen molar-refractivity contribution in [3.05, 3.63) is 58.9 Å². The first kappa shape index (κ1) is 20.5. The molecule has 1 amide bonds. The average Bonchev–Trinajstić information content (AvgIpc) is 3.23. The van der Waals surface area contributed by atoms with Crippen molar-refractivity contribution in [2.75, 3.05) is 39.4 Å². The van der Waals surface area contributed by atoms with Crippen molar-refractivity contribution in [1.82, 2.24) is 19.6 Å². The maximum absolute atomic E-state index is 13.3. The van der Waals surface area contributed by atoms with Crippen molar-refractivity contribution in [1.29, 1.82) is 0 Å². The number of rotatable bonds is 4. The summed E-state index contributed by atoms with van der Waals surface area (Å²) in [5.41, 5.74) is 5.94. The molecule has 1 aliphatic carbocycles. The quantitative estimate of drug-likeness (QED) is 0.763. The fourth-order valence-corrected chi connectivity index (χ4v) is 5.26. The van der Waals surface area contributed by atoms with Gasteiger partial charge in [-0.25, -0.2) is 0 Å². The molecule has 1 aromatic heterocycles. The highest BCUT2D eigenvalue weighted by molar-refractivity contribution is 5.94. The van der Waals surface area contributed by atoms with E-state index in [9.17, 15) is 4.79 Å². The van der Waals surface area contributed by atoms with E-state index < -0.39 is 0 Å². The summed E-state index contributed by atoms with van der Waals surface area (Å²) in [4.78, 5) is 17.8. The number of morpholine rings is 1. The van der Waals surface area contributed by atoms with Gasteiger partial charge in [0, 0.05) is 50.0 Å². The van der Waals surface area contributed by atoms with Crippen LogP contribution >= 0.6 is 0 Å². The van der Waals surface area contributed by atoms with Crippen LogP contribution in [-0.2, 0) is 24.1 Å². The number of benzene rings is 1. The molecular formula is C25H32N4O2. The number of carbonyl (C=O) groups is 1. The minimum atomic E-state index is 0.0808. The van der Waals surface area contributed by atoms with Gasteiger partial charge in [-0.1, -0.05) is 36.4 Å². The molecule has 0 radical (unpaired) electrons. The maximum atomic E-state index is 13.3. The van der Waals surface area contributed by atoms with E-state index in [1.165, 1.54) is 22.4 Å². The lowest BCUT2D eigenvalue weighted by atomic mass is 9.88. The van der Waals surface area contributed by atoms with Gasteiger partial charge >= 0.3 is 0 Å². The second kappa shape index (κ2) is 8.97. The first-order valence-corrected chi connectivity index (χ1v) is 11.7. The lowest BCUT2D eigenvalue weighted by molar-refractivity contribution is 0.0297. The highest BCUT2D eigenvalue weighted by Crippen LogP contribution is 2.31. The Morgan fingerprint density at radius 3 is 2.65 bits per heavy atom. The molecule has 0 spiro atoms. The van der Waals surface area contributed by atoms with E-state index in [4.69, 9.17) is 9.84 Å². The fraction of sp³-hybridized carbons (Fsp3) is 0.520. The summed E-state index contributed by atoms with van der Waals surface area (Å²) in [6.07, 6.45) is 6.54. The topological polar surface area (TPSA) is 50.6 Å². The van der Waals surface area contributed by atoms with Gasteiger partial charge in [0.1, 0.15) is 0 Å². The average molecular weight is 421 g/mol. The Hall–Kier alpha value is -2.44. The van der Waals surface area contributed by atoms with Crippen LogP contribution in [0.15, 0.2) is 36.4 Å². The number of fused-ring (bicyclic) bond motifs is 1. The third-order valence-corrected chi connectivity index (χ3v) is 7.02. The van der Waals surface area contributed by atoms with Crippen LogP contribution in [0.3, 0.4) is 0 Å². The zero-order valence-corrected chi connectivity index (χ0v) is 18.4. The molecule has 0 bridgehead atoms. The van der Waals surface area contributed by atoms with Crippen LogP contribution in [0, 0.1) is 0 Å². The maximum Gasteiger partial charge on any atom is 0.274 e. The number of aromatic nitrogens is 2. The Kier molecular flexibility index (Phi) is 5.92. The van der Waals surface area contributed by atoms with Gasteiger partial charge in [-0.05, 0) is 43.7 Å². The molecular weight excluding hydrogens is 388 g/mol. The summed E-state index contributed by atoms with van der Waals surface area (Å²) >= 11 is 0. The van der Waals surface area contributed by atoms with Crippen LogP contribution in [-0.4, -0.2) is 70.9 Å². The lowest BCUT2D eigenvalue weighted by Crippen LogP contribution is -2.43. The van der Waals surface area contributed by atoms with Gasteiger partial charge in [0.25, 0.3) is 5.91 Å². The van der Waals surface area contributed by atoms with Crippen LogP contribution < -0.4 is 0 Å². The number of carbonyl (C=O) groups excluding carboxylic acids is 1. The van der Waals surface area contributed by atoms with Gasteiger partial charge in [-0.3, -0.25) is 14.4 Å². The number of aryl methyl sites for hydroxylation is 1. The molecule has 6 nitrogen and oxygen atoms in total. The van der Waals surface area contributed by atoms with Crippen LogP contribution in [0.1, 0.15) is 47.1 Å². The summed E-state index contributed by atoms with van der Waals surface area (Å²) in [5, 5.41) is 4.77. The Balaban J connectivity index is 1.33. The molecule has 2 aromatic rings. The summed E-state index contributed by atoms with van der Waals surface area (Å²) < 4.78 is 7.49. The number of ether oxygens (including phenoxy) is 1. The van der Waals surface area contributed by atoms with Gasteiger partial charge in [0.15, 0.2) is 5.69 Å². The lowest BCUT2D eigenvalue weighted by Gasteiger charge is -2.36. The summed E-state index contributed by atoms with van der Waals surface area (Å²) in [5.74, 6) is 0.0808. The van der Waals surface area contributed by atoms with Crippen molar-refractivity contribution < 1.29 is 9.53 Å². The van der Waals surface area contributed by atoms with E-state index in [-0.39, 0.29) is 5.91 Å². The Morgan fingerprint density at radius 2 is 1.94 bits per heavy atom. The van der Waals surface area contributed by atoms with Crippen LogP contribution in [0.25, 0.3) is 5.57 Å². The Morgan fingerprint density at radius 1 is 1.13 bits per heavy atom. The highest BCUT2D eigenvalue weighted by atomic mass is 16.5. The molecule has 1 atom stereocenters. The van der Waals surface area contributed by atoms with Crippen LogP contribution in [0.2, 0.25) is 0 Å². The van der Waals surface area contributed by atoms with Crippen molar-refractivity contribution >= 4 is 11.5 Å². The Labute approximate surface area is 184 Å². The largest absolute Gasteiger partial charge is 0.378 e. The van der Waals surface area contributed by atoms with Crippen molar-refractivity contribution in [3.63, 3.8) is 0 Å². The van der Waals surface area contributed by atoms with Gasteiger partial charge in [0.05, 0.1) is 13.2 Å². The SMILES string of the molecule is CCn1nc(C(=O)N2CCOCC2)c2c1CCC(N1CC=C(c3ccccc3)CC1)C2. The Bertz CT molecular complexity index is 959. The molecule has 1 unspecified atom stereocenters. The minimum Gasteiger partial charge on any atom is -0.378 e. The first-order chi connectivity index (χ1) is 15.2. The molecule has 164 valence electrons. The third-order valence-electron chi connectivity index (χ3n) is 7.02. The zero-order valence-electron chi connectivity index (χ0n) is 18.4. The van der Waals surface area contributed by atoms with Gasteiger partial charge in [0.2, 0.25) is 0 Å². The standard InChI is InChI=1S/C25H32N4O2/c1-2-29-23-9-8-21(27-12-10-20(11-13-27)19-6-4-3-5-7-19)18-22(23)24(26-29)25(30)28-14-16-31-17-15-28/h3-7,10,21H,2,8-9,11-18H2,1H3. The monoisotopic (exact) mass is 420 g/mol. The van der Waals surface area contributed by atoms with E-state index in [1.54, 1.807) is 0 Å². The van der Waals surface area contributed by atoms with Crippen molar-refractivity contribution in [2.24, 2.45) is 0 Å². The third kappa shape index (κ3) is 4.06. The molecule has 0 saturated carbocycles. The first-order valence-electron chi connectivity index (χ1n) is 11.7. The number of hydrogen-bond acceptors (Lipinski definition) is 4.